The van der Waals surface area contributed by atoms with Gasteiger partial charge in [-0.2, -0.15) is 0 Å². The van der Waals surface area contributed by atoms with Gasteiger partial charge in [0.2, 0.25) is 0 Å². The third-order valence-corrected chi connectivity index (χ3v) is 6.05. The molecule has 0 aliphatic heterocycles. The quantitative estimate of drug-likeness (QED) is 0.341. The van der Waals surface area contributed by atoms with Gasteiger partial charge in [-0.1, -0.05) is 36.9 Å². The highest BCUT2D eigenvalue weighted by Crippen LogP contribution is 2.28. The monoisotopic (exact) mass is 462 g/mol. The van der Waals surface area contributed by atoms with Crippen LogP contribution in [0, 0.1) is 0 Å². The molecule has 0 bridgehead atoms. The molecule has 3 rings (SSSR count). The Morgan fingerprint density at radius 1 is 1.25 bits per heavy atom. The molecule has 0 saturated carbocycles. The summed E-state index contributed by atoms with van der Waals surface area (Å²) in [4.78, 5) is 43.6. The van der Waals surface area contributed by atoms with E-state index in [2.05, 4.69) is 9.97 Å². The third kappa shape index (κ3) is 5.22. The molecule has 3 aromatic rings. The van der Waals surface area contributed by atoms with Crippen molar-refractivity contribution in [1.82, 2.24) is 19.1 Å². The normalized spacial score (nSPS) is 13.1. The van der Waals surface area contributed by atoms with Gasteiger partial charge in [-0.25, -0.2) is 9.78 Å². The van der Waals surface area contributed by atoms with E-state index in [1.165, 1.54) is 16.2 Å². The van der Waals surface area contributed by atoms with Crippen molar-refractivity contribution in [3.8, 4) is 5.75 Å². The molecule has 0 aliphatic carbocycles. The first kappa shape index (κ1) is 23.6. The molecule has 32 heavy (non-hydrogen) atoms. The van der Waals surface area contributed by atoms with Gasteiger partial charge in [-0.3, -0.25) is 19.1 Å². The fourth-order valence-corrected chi connectivity index (χ4v) is 4.12. The fourth-order valence-electron chi connectivity index (χ4n) is 3.11. The summed E-state index contributed by atoms with van der Waals surface area (Å²) >= 11 is 1.13. The van der Waals surface area contributed by atoms with Crippen molar-refractivity contribution in [3.05, 3.63) is 51.2 Å². The maximum absolute atomic E-state index is 12.6. The van der Waals surface area contributed by atoms with Crippen LogP contribution in [0.25, 0.3) is 11.2 Å². The van der Waals surface area contributed by atoms with Crippen molar-refractivity contribution in [2.24, 2.45) is 7.05 Å². The lowest BCUT2D eigenvalue weighted by Crippen LogP contribution is -2.31. The summed E-state index contributed by atoms with van der Waals surface area (Å²) in [7, 11) is 1.49. The summed E-state index contributed by atoms with van der Waals surface area (Å²) in [6, 6.07) is 9.04. The predicted molar refractivity (Wildman–Crippen MR) is 120 cm³/mol. The van der Waals surface area contributed by atoms with E-state index in [1.54, 1.807) is 19.1 Å². The minimum Gasteiger partial charge on any atom is -0.491 e. The van der Waals surface area contributed by atoms with Crippen LogP contribution in [0.15, 0.2) is 45.1 Å². The van der Waals surface area contributed by atoms with Crippen LogP contribution in [0.1, 0.15) is 20.3 Å². The number of benzene rings is 1. The number of H-pyrrole nitrogens is 1. The number of ether oxygens (including phenoxy) is 2. The second-order valence-corrected chi connectivity index (χ2v) is 8.21. The van der Waals surface area contributed by atoms with E-state index in [0.29, 0.717) is 17.3 Å². The lowest BCUT2D eigenvalue weighted by atomic mass is 10.3. The zero-order valence-electron chi connectivity index (χ0n) is 18.1. The fraction of sp³-hybridized carbons (Fsp3) is 0.429. The Morgan fingerprint density at radius 3 is 2.62 bits per heavy atom. The van der Waals surface area contributed by atoms with Gasteiger partial charge in [0.05, 0.1) is 13.2 Å². The first-order valence-corrected chi connectivity index (χ1v) is 11.1. The van der Waals surface area contributed by atoms with Crippen molar-refractivity contribution in [2.75, 3.05) is 13.2 Å². The van der Waals surface area contributed by atoms with E-state index in [1.807, 2.05) is 25.1 Å². The number of carbonyl (C=O) groups excluding carboxylic acids is 1. The lowest BCUT2D eigenvalue weighted by Gasteiger charge is -2.17. The second-order valence-electron chi connectivity index (χ2n) is 7.04. The molecule has 172 valence electrons. The van der Waals surface area contributed by atoms with Crippen LogP contribution >= 0.6 is 11.8 Å². The number of aromatic nitrogens is 4. The number of aromatic amines is 1. The van der Waals surface area contributed by atoms with Crippen LogP contribution < -0.4 is 16.0 Å². The number of fused-ring (bicyclic) bond motifs is 1. The zero-order valence-corrected chi connectivity index (χ0v) is 18.9. The van der Waals surface area contributed by atoms with Gasteiger partial charge >= 0.3 is 11.7 Å². The Morgan fingerprint density at radius 2 is 1.97 bits per heavy atom. The molecule has 0 saturated heterocycles. The maximum atomic E-state index is 12.6. The smallest absolute Gasteiger partial charge is 0.329 e. The van der Waals surface area contributed by atoms with Crippen molar-refractivity contribution in [2.45, 2.75) is 43.3 Å². The molecule has 2 aromatic heterocycles. The molecular formula is C21H26N4O6S. The van der Waals surface area contributed by atoms with E-state index in [-0.39, 0.29) is 30.9 Å². The maximum Gasteiger partial charge on any atom is 0.329 e. The number of nitrogens with zero attached hydrogens (tertiary/aromatic N) is 3. The van der Waals surface area contributed by atoms with E-state index in [9.17, 15) is 19.5 Å². The third-order valence-electron chi connectivity index (χ3n) is 4.72. The second kappa shape index (κ2) is 10.5. The summed E-state index contributed by atoms with van der Waals surface area (Å²) in [5, 5.41) is 10.4. The summed E-state index contributed by atoms with van der Waals surface area (Å²) in [5.41, 5.74) is -0.930. The Kier molecular flexibility index (Phi) is 7.75. The molecule has 0 spiro atoms. The number of hydrogen-bond acceptors (Lipinski definition) is 8. The lowest BCUT2D eigenvalue weighted by molar-refractivity contribution is -0.142. The highest BCUT2D eigenvalue weighted by Gasteiger charge is 2.26. The number of hydrogen-bond donors (Lipinski definition) is 2. The van der Waals surface area contributed by atoms with E-state index < -0.39 is 28.6 Å². The zero-order chi connectivity index (χ0) is 23.3. The summed E-state index contributed by atoms with van der Waals surface area (Å²) in [5.74, 6) is 0.208. The Labute approximate surface area is 188 Å². The number of aliphatic hydroxyl groups is 1. The van der Waals surface area contributed by atoms with Gasteiger partial charge in [0.15, 0.2) is 16.3 Å². The minimum atomic E-state index is -0.980. The van der Waals surface area contributed by atoms with Gasteiger partial charge in [0.1, 0.15) is 23.7 Å². The molecule has 0 amide bonds. The topological polar surface area (TPSA) is 128 Å². The molecule has 10 nitrogen and oxygen atoms in total. The Hall–Kier alpha value is -3.05. The summed E-state index contributed by atoms with van der Waals surface area (Å²) in [6.45, 7) is 3.77. The van der Waals surface area contributed by atoms with Crippen LogP contribution in [0.3, 0.4) is 0 Å². The number of para-hydroxylation sites is 1. The SMILES string of the molecule is CCOC(=O)[C@H](CC)Sc1nc2c(c(=O)[nH]c(=O)n2C)n1C[C@@H](O)COc1ccccc1. The van der Waals surface area contributed by atoms with Gasteiger partial charge in [0.25, 0.3) is 5.56 Å². The molecule has 0 fully saturated rings. The Balaban J connectivity index is 1.95. The number of thioether (sulfide) groups is 1. The van der Waals surface area contributed by atoms with E-state index in [0.717, 1.165) is 11.8 Å². The number of carbonyl (C=O) groups is 1. The molecule has 0 aliphatic rings. The molecule has 1 aromatic carbocycles. The number of rotatable bonds is 10. The van der Waals surface area contributed by atoms with E-state index >= 15 is 0 Å². The summed E-state index contributed by atoms with van der Waals surface area (Å²) in [6.07, 6.45) is -0.506. The van der Waals surface area contributed by atoms with Crippen LogP contribution in [0.4, 0.5) is 0 Å². The van der Waals surface area contributed by atoms with Gasteiger partial charge in [-0.05, 0) is 25.5 Å². The average molecular weight is 463 g/mol. The first-order valence-electron chi connectivity index (χ1n) is 10.2. The Bertz CT molecular complexity index is 1190. The molecule has 2 heterocycles. The van der Waals surface area contributed by atoms with Crippen LogP contribution in [-0.2, 0) is 23.1 Å². The summed E-state index contributed by atoms with van der Waals surface area (Å²) < 4.78 is 13.5. The predicted octanol–water partition coefficient (Wildman–Crippen LogP) is 1.30. The van der Waals surface area contributed by atoms with Crippen molar-refractivity contribution >= 4 is 28.9 Å². The highest BCUT2D eigenvalue weighted by molar-refractivity contribution is 8.00. The van der Waals surface area contributed by atoms with Crippen LogP contribution in [0.2, 0.25) is 0 Å². The molecule has 2 atom stereocenters. The average Bonchev–Trinajstić information content (AvgIpc) is 3.13. The minimum absolute atomic E-state index is 0.0213. The number of esters is 1. The molecule has 0 unspecified atom stereocenters. The van der Waals surface area contributed by atoms with Gasteiger partial charge in [0, 0.05) is 7.05 Å². The van der Waals surface area contributed by atoms with Crippen molar-refractivity contribution < 1.29 is 19.4 Å². The highest BCUT2D eigenvalue weighted by atomic mass is 32.2. The number of aliphatic hydroxyl groups excluding tert-OH is 1. The molecule has 11 heteroatoms. The van der Waals surface area contributed by atoms with Gasteiger partial charge in [-0.15, -0.1) is 0 Å². The largest absolute Gasteiger partial charge is 0.491 e. The van der Waals surface area contributed by atoms with Gasteiger partial charge < -0.3 is 19.1 Å². The standard InChI is InChI=1S/C21H26N4O6S/c1-4-15(19(28)30-5-2)32-21-22-17-16(18(27)23-20(29)24(17)3)25(21)11-13(26)12-31-14-9-7-6-8-10-14/h6-10,13,15,26H,4-5,11-12H2,1-3H3,(H,23,27,29)/t13-,15+/m1/s1. The van der Waals surface area contributed by atoms with Crippen LogP contribution in [-0.4, -0.2) is 54.7 Å². The van der Waals surface area contributed by atoms with E-state index in [4.69, 9.17) is 9.47 Å². The number of aryl methyl sites for hydroxylation is 1. The number of nitrogens with one attached hydrogen (secondary N) is 1. The molecule has 0 radical (unpaired) electrons. The first-order chi connectivity index (χ1) is 15.3. The molecule has 2 N–H and O–H groups in total. The number of imidazole rings is 1. The molecular weight excluding hydrogens is 436 g/mol. The van der Waals surface area contributed by atoms with Crippen LogP contribution in [0.5, 0.6) is 5.75 Å². The van der Waals surface area contributed by atoms with Crippen molar-refractivity contribution in [1.29, 1.82) is 0 Å². The van der Waals surface area contributed by atoms with Crippen molar-refractivity contribution in [3.63, 3.8) is 0 Å².